The van der Waals surface area contributed by atoms with Crippen molar-refractivity contribution in [1.82, 2.24) is 0 Å². The summed E-state index contributed by atoms with van der Waals surface area (Å²) in [6.07, 6.45) is -5.67. The van der Waals surface area contributed by atoms with Crippen LogP contribution in [-0.2, 0) is 4.74 Å². The second-order valence-corrected chi connectivity index (χ2v) is 3.50. The first-order valence-corrected chi connectivity index (χ1v) is 5.10. The predicted molar refractivity (Wildman–Crippen MR) is 54.5 cm³/mol. The Hall–Kier alpha value is -1.34. The fourth-order valence-corrected chi connectivity index (χ4v) is 1.25. The minimum atomic E-state index is -4.70. The Kier molecular flexibility index (Phi) is 4.92. The van der Waals surface area contributed by atoms with Crippen molar-refractivity contribution in [3.8, 4) is 5.75 Å². The van der Waals surface area contributed by atoms with Crippen molar-refractivity contribution in [2.75, 3.05) is 13.2 Å². The van der Waals surface area contributed by atoms with Crippen LogP contribution in [0.15, 0.2) is 18.2 Å². The third-order valence-corrected chi connectivity index (χ3v) is 2.04. The van der Waals surface area contributed by atoms with Crippen LogP contribution in [0.4, 0.5) is 17.6 Å². The molecular formula is C11H12F4O3. The molecule has 0 aliphatic rings. The van der Waals surface area contributed by atoms with Crippen LogP contribution in [0, 0.1) is 5.82 Å². The van der Waals surface area contributed by atoms with Crippen LogP contribution in [0.3, 0.4) is 0 Å². The molecule has 102 valence electrons. The number of aliphatic hydroxyl groups is 1. The van der Waals surface area contributed by atoms with Crippen LogP contribution < -0.4 is 4.74 Å². The number of halogens is 4. The maximum Gasteiger partial charge on any atom is 0.522 e. The van der Waals surface area contributed by atoms with E-state index >= 15 is 0 Å². The van der Waals surface area contributed by atoms with E-state index in [2.05, 4.69) is 4.74 Å². The first-order valence-electron chi connectivity index (χ1n) is 5.10. The van der Waals surface area contributed by atoms with E-state index in [0.717, 1.165) is 6.07 Å². The molecule has 18 heavy (non-hydrogen) atoms. The van der Waals surface area contributed by atoms with Crippen molar-refractivity contribution in [2.45, 2.75) is 19.4 Å². The van der Waals surface area contributed by atoms with Crippen molar-refractivity contribution in [1.29, 1.82) is 0 Å². The lowest BCUT2D eigenvalue weighted by Crippen LogP contribution is -2.18. The molecule has 3 nitrogen and oxygen atoms in total. The lowest BCUT2D eigenvalue weighted by atomic mass is 10.1. The van der Waals surface area contributed by atoms with Gasteiger partial charge >= 0.3 is 6.36 Å². The van der Waals surface area contributed by atoms with E-state index in [1.807, 2.05) is 0 Å². The van der Waals surface area contributed by atoms with Gasteiger partial charge in [0.25, 0.3) is 0 Å². The molecule has 0 fully saturated rings. The van der Waals surface area contributed by atoms with E-state index < -0.39 is 24.9 Å². The summed E-state index contributed by atoms with van der Waals surface area (Å²) in [6.45, 7) is 0.367. The zero-order valence-electron chi connectivity index (χ0n) is 9.50. The van der Waals surface area contributed by atoms with Crippen molar-refractivity contribution in [3.05, 3.63) is 29.6 Å². The molecular weight excluding hydrogens is 256 g/mol. The normalized spacial score (nSPS) is 13.4. The van der Waals surface area contributed by atoms with E-state index in [1.165, 1.54) is 19.1 Å². The van der Waals surface area contributed by atoms with Crippen molar-refractivity contribution in [2.24, 2.45) is 0 Å². The van der Waals surface area contributed by atoms with Gasteiger partial charge in [0.15, 0.2) is 0 Å². The summed E-state index contributed by atoms with van der Waals surface area (Å²) in [5.74, 6) is -0.609. The quantitative estimate of drug-likeness (QED) is 0.659. The number of ether oxygens (including phenoxy) is 2. The van der Waals surface area contributed by atoms with Crippen molar-refractivity contribution >= 4 is 0 Å². The Morgan fingerprint density at radius 3 is 2.44 bits per heavy atom. The Morgan fingerprint density at radius 2 is 1.94 bits per heavy atom. The average Bonchev–Trinajstić information content (AvgIpc) is 2.22. The minimum absolute atomic E-state index is 0.0719. The smallest absolute Gasteiger partial charge is 0.491 e. The topological polar surface area (TPSA) is 38.7 Å². The molecule has 1 aromatic carbocycles. The van der Waals surface area contributed by atoms with E-state index in [0.29, 0.717) is 0 Å². The molecule has 0 amide bonds. The molecule has 1 N–H and O–H groups in total. The minimum Gasteiger partial charge on any atom is -0.491 e. The SMILES string of the molecule is C[C@@H](O)c1ccc(OCCOC(F)(F)F)cc1F. The maximum atomic E-state index is 13.3. The van der Waals surface area contributed by atoms with Crippen LogP contribution in [-0.4, -0.2) is 24.7 Å². The van der Waals surface area contributed by atoms with E-state index in [-0.39, 0.29) is 17.9 Å². The highest BCUT2D eigenvalue weighted by Crippen LogP contribution is 2.22. The highest BCUT2D eigenvalue weighted by atomic mass is 19.4. The summed E-state index contributed by atoms with van der Waals surface area (Å²) in [7, 11) is 0. The van der Waals surface area contributed by atoms with Gasteiger partial charge < -0.3 is 9.84 Å². The zero-order valence-corrected chi connectivity index (χ0v) is 9.50. The summed E-state index contributed by atoms with van der Waals surface area (Å²) < 4.78 is 56.6. The Morgan fingerprint density at radius 1 is 1.28 bits per heavy atom. The number of hydrogen-bond acceptors (Lipinski definition) is 3. The first-order chi connectivity index (χ1) is 8.29. The van der Waals surface area contributed by atoms with Gasteiger partial charge in [0.05, 0.1) is 12.7 Å². The van der Waals surface area contributed by atoms with Gasteiger partial charge in [-0.25, -0.2) is 4.39 Å². The number of aliphatic hydroxyl groups excluding tert-OH is 1. The van der Waals surface area contributed by atoms with Crippen molar-refractivity contribution < 1.29 is 32.1 Å². The summed E-state index contributed by atoms with van der Waals surface area (Å²) in [4.78, 5) is 0. The summed E-state index contributed by atoms with van der Waals surface area (Å²) in [5.41, 5.74) is 0.0916. The molecule has 0 radical (unpaired) electrons. The molecule has 0 spiro atoms. The van der Waals surface area contributed by atoms with Crippen molar-refractivity contribution in [3.63, 3.8) is 0 Å². The van der Waals surface area contributed by atoms with Gasteiger partial charge in [-0.2, -0.15) is 0 Å². The van der Waals surface area contributed by atoms with Crippen LogP contribution in [0.1, 0.15) is 18.6 Å². The molecule has 1 atom stereocenters. The highest BCUT2D eigenvalue weighted by molar-refractivity contribution is 5.29. The van der Waals surface area contributed by atoms with Gasteiger partial charge in [0.2, 0.25) is 0 Å². The van der Waals surface area contributed by atoms with Gasteiger partial charge in [0.1, 0.15) is 18.2 Å². The van der Waals surface area contributed by atoms with E-state index in [1.54, 1.807) is 0 Å². The molecule has 0 saturated carbocycles. The number of alkyl halides is 3. The fraction of sp³-hybridized carbons (Fsp3) is 0.455. The summed E-state index contributed by atoms with van der Waals surface area (Å²) in [5, 5.41) is 9.17. The standard InChI is InChI=1S/C11H12F4O3/c1-7(16)9-3-2-8(6-10(9)12)17-4-5-18-11(13,14)15/h2-3,6-7,16H,4-5H2,1H3/t7-/m1/s1. The second-order valence-electron chi connectivity index (χ2n) is 3.50. The molecule has 1 aromatic rings. The third-order valence-electron chi connectivity index (χ3n) is 2.04. The Balaban J connectivity index is 2.47. The van der Waals surface area contributed by atoms with E-state index in [9.17, 15) is 22.7 Å². The monoisotopic (exact) mass is 268 g/mol. The Labute approximate surface area is 101 Å². The van der Waals surface area contributed by atoms with Gasteiger partial charge in [-0.15, -0.1) is 13.2 Å². The summed E-state index contributed by atoms with van der Waals surface area (Å²) >= 11 is 0. The number of hydrogen-bond donors (Lipinski definition) is 1. The molecule has 0 saturated heterocycles. The van der Waals surface area contributed by atoms with E-state index in [4.69, 9.17) is 4.74 Å². The third kappa shape index (κ3) is 4.89. The molecule has 0 bridgehead atoms. The Bertz CT molecular complexity index is 390. The van der Waals surface area contributed by atoms with Gasteiger partial charge in [0, 0.05) is 11.6 Å². The summed E-state index contributed by atoms with van der Waals surface area (Å²) in [6, 6.07) is 3.66. The maximum absolute atomic E-state index is 13.3. The fourth-order valence-electron chi connectivity index (χ4n) is 1.25. The number of rotatable bonds is 5. The first kappa shape index (κ1) is 14.7. The lowest BCUT2D eigenvalue weighted by molar-refractivity contribution is -0.325. The van der Waals surface area contributed by atoms with Gasteiger partial charge in [-0.05, 0) is 19.1 Å². The van der Waals surface area contributed by atoms with Gasteiger partial charge in [-0.1, -0.05) is 0 Å². The predicted octanol–water partition coefficient (Wildman–Crippen LogP) is 2.79. The van der Waals surface area contributed by atoms with Crippen LogP contribution >= 0.6 is 0 Å². The zero-order chi connectivity index (χ0) is 13.8. The number of benzene rings is 1. The van der Waals surface area contributed by atoms with Crippen LogP contribution in [0.2, 0.25) is 0 Å². The molecule has 0 aliphatic heterocycles. The largest absolute Gasteiger partial charge is 0.522 e. The molecule has 0 heterocycles. The average molecular weight is 268 g/mol. The molecule has 0 aromatic heterocycles. The molecule has 0 unspecified atom stereocenters. The molecule has 7 heteroatoms. The lowest BCUT2D eigenvalue weighted by Gasteiger charge is -2.11. The van der Waals surface area contributed by atoms with Gasteiger partial charge in [-0.3, -0.25) is 4.74 Å². The van der Waals surface area contributed by atoms with Crippen LogP contribution in [0.5, 0.6) is 5.75 Å². The van der Waals surface area contributed by atoms with Crippen LogP contribution in [0.25, 0.3) is 0 Å². The second kappa shape index (κ2) is 6.01. The molecule has 0 aliphatic carbocycles. The highest BCUT2D eigenvalue weighted by Gasteiger charge is 2.28. The molecule has 1 rings (SSSR count).